The zero-order valence-electron chi connectivity index (χ0n) is 7.87. The number of carbonyl (C=O) groups is 1. The molecule has 1 unspecified atom stereocenters. The predicted molar refractivity (Wildman–Crippen MR) is 45.4 cm³/mol. The summed E-state index contributed by atoms with van der Waals surface area (Å²) in [6, 6.07) is 0. The minimum atomic E-state index is -0.814. The third-order valence-electron chi connectivity index (χ3n) is 2.44. The quantitative estimate of drug-likeness (QED) is 0.595. The van der Waals surface area contributed by atoms with Gasteiger partial charge < -0.3 is 19.9 Å². The zero-order valence-corrected chi connectivity index (χ0v) is 7.87. The second-order valence-electron chi connectivity index (χ2n) is 3.19. The van der Waals surface area contributed by atoms with Gasteiger partial charge in [-0.25, -0.2) is 0 Å². The summed E-state index contributed by atoms with van der Waals surface area (Å²) in [6.07, 6.45) is 0.391. The van der Waals surface area contributed by atoms with Gasteiger partial charge in [-0.2, -0.15) is 0 Å². The van der Waals surface area contributed by atoms with Crippen LogP contribution in [-0.4, -0.2) is 44.2 Å². The molecule has 5 heteroatoms. The highest BCUT2D eigenvalue weighted by molar-refractivity contribution is 5.70. The summed E-state index contributed by atoms with van der Waals surface area (Å²) >= 11 is 0. The van der Waals surface area contributed by atoms with E-state index in [2.05, 4.69) is 5.32 Å². The highest BCUT2D eigenvalue weighted by Gasteiger charge is 2.39. The lowest BCUT2D eigenvalue weighted by molar-refractivity contribution is -0.223. The monoisotopic (exact) mass is 189 g/mol. The van der Waals surface area contributed by atoms with Crippen LogP contribution >= 0.6 is 0 Å². The first-order valence-electron chi connectivity index (χ1n) is 4.17. The molecule has 0 aliphatic carbocycles. The molecule has 0 aromatic carbocycles. The Labute approximate surface area is 77.0 Å². The van der Waals surface area contributed by atoms with Gasteiger partial charge in [-0.1, -0.05) is 0 Å². The van der Waals surface area contributed by atoms with Gasteiger partial charge in [0.15, 0.2) is 5.79 Å². The van der Waals surface area contributed by atoms with Crippen LogP contribution in [0.15, 0.2) is 0 Å². The van der Waals surface area contributed by atoms with Gasteiger partial charge in [0.25, 0.3) is 0 Å². The molecule has 0 bridgehead atoms. The fourth-order valence-corrected chi connectivity index (χ4v) is 1.53. The third-order valence-corrected chi connectivity index (χ3v) is 2.44. The largest absolute Gasteiger partial charge is 0.481 e. The van der Waals surface area contributed by atoms with Crippen LogP contribution in [0.3, 0.4) is 0 Å². The Kier molecular flexibility index (Phi) is 3.24. The molecule has 2 N–H and O–H groups in total. The summed E-state index contributed by atoms with van der Waals surface area (Å²) in [7, 11) is 3.05. The number of nitrogens with one attached hydrogen (secondary N) is 1. The van der Waals surface area contributed by atoms with E-state index in [-0.39, 0.29) is 0 Å². The first-order valence-corrected chi connectivity index (χ1v) is 4.17. The highest BCUT2D eigenvalue weighted by atomic mass is 16.7. The summed E-state index contributed by atoms with van der Waals surface area (Å²) in [6.45, 7) is 1.01. The first-order chi connectivity index (χ1) is 6.13. The predicted octanol–water partition coefficient (Wildman–Crippen LogP) is -0.330. The molecule has 76 valence electrons. The number of aliphatic carboxylic acids is 1. The van der Waals surface area contributed by atoms with Crippen LogP contribution in [0.5, 0.6) is 0 Å². The van der Waals surface area contributed by atoms with Crippen molar-refractivity contribution >= 4 is 5.97 Å². The van der Waals surface area contributed by atoms with Crippen LogP contribution in [0.2, 0.25) is 0 Å². The fraction of sp³-hybridized carbons (Fsp3) is 0.875. The van der Waals surface area contributed by atoms with Gasteiger partial charge in [-0.05, 0) is 0 Å². The van der Waals surface area contributed by atoms with Gasteiger partial charge >= 0.3 is 5.97 Å². The molecule has 1 heterocycles. The van der Waals surface area contributed by atoms with E-state index in [1.807, 2.05) is 0 Å². The molecule has 5 nitrogen and oxygen atoms in total. The number of hydrogen-bond donors (Lipinski definition) is 2. The lowest BCUT2D eigenvalue weighted by atomic mass is 9.95. The van der Waals surface area contributed by atoms with Gasteiger partial charge in [0.05, 0.1) is 5.92 Å². The summed E-state index contributed by atoms with van der Waals surface area (Å²) < 4.78 is 10.3. The first kappa shape index (κ1) is 10.4. The molecule has 1 atom stereocenters. The number of methoxy groups -OCH3 is 2. The van der Waals surface area contributed by atoms with Gasteiger partial charge in [-0.3, -0.25) is 4.79 Å². The van der Waals surface area contributed by atoms with Crippen molar-refractivity contribution in [3.05, 3.63) is 0 Å². The third kappa shape index (κ3) is 2.18. The van der Waals surface area contributed by atoms with Gasteiger partial charge in [0.1, 0.15) is 0 Å². The number of ether oxygens (including phenoxy) is 2. The summed E-state index contributed by atoms with van der Waals surface area (Å²) in [5.74, 6) is -2.03. The van der Waals surface area contributed by atoms with Gasteiger partial charge in [0.2, 0.25) is 0 Å². The van der Waals surface area contributed by atoms with Gasteiger partial charge in [0, 0.05) is 33.7 Å². The Morgan fingerprint density at radius 3 is 2.62 bits per heavy atom. The van der Waals surface area contributed by atoms with Crippen LogP contribution in [0.4, 0.5) is 0 Å². The highest BCUT2D eigenvalue weighted by Crippen LogP contribution is 2.24. The minimum Gasteiger partial charge on any atom is -0.481 e. The van der Waals surface area contributed by atoms with E-state index in [1.54, 1.807) is 0 Å². The summed E-state index contributed by atoms with van der Waals surface area (Å²) in [5, 5.41) is 11.8. The summed E-state index contributed by atoms with van der Waals surface area (Å²) in [4.78, 5) is 10.7. The van der Waals surface area contributed by atoms with Crippen molar-refractivity contribution in [2.24, 2.45) is 5.92 Å². The van der Waals surface area contributed by atoms with Crippen LogP contribution < -0.4 is 5.32 Å². The van der Waals surface area contributed by atoms with E-state index in [0.29, 0.717) is 19.5 Å². The molecule has 1 fully saturated rings. The Morgan fingerprint density at radius 2 is 2.15 bits per heavy atom. The van der Waals surface area contributed by atoms with Crippen molar-refractivity contribution in [2.45, 2.75) is 12.2 Å². The van der Waals surface area contributed by atoms with Crippen molar-refractivity contribution in [3.63, 3.8) is 0 Å². The molecule has 0 aromatic heterocycles. The number of piperidine rings is 1. The van der Waals surface area contributed by atoms with E-state index in [1.165, 1.54) is 14.2 Å². The smallest absolute Gasteiger partial charge is 0.307 e. The van der Waals surface area contributed by atoms with Crippen LogP contribution in [0.25, 0.3) is 0 Å². The Morgan fingerprint density at radius 1 is 1.54 bits per heavy atom. The summed E-state index contributed by atoms with van der Waals surface area (Å²) in [5.41, 5.74) is 0. The molecule has 0 saturated carbocycles. The van der Waals surface area contributed by atoms with Gasteiger partial charge in [-0.15, -0.1) is 0 Å². The fourth-order valence-electron chi connectivity index (χ4n) is 1.53. The maximum absolute atomic E-state index is 10.7. The maximum Gasteiger partial charge on any atom is 0.307 e. The van der Waals surface area contributed by atoms with E-state index >= 15 is 0 Å². The topological polar surface area (TPSA) is 67.8 Å². The lowest BCUT2D eigenvalue weighted by Gasteiger charge is -2.37. The molecule has 0 aromatic rings. The van der Waals surface area contributed by atoms with Crippen LogP contribution in [0.1, 0.15) is 6.42 Å². The maximum atomic E-state index is 10.7. The Bertz CT molecular complexity index is 191. The second kappa shape index (κ2) is 4.04. The van der Waals surface area contributed by atoms with Crippen molar-refractivity contribution < 1.29 is 19.4 Å². The average Bonchev–Trinajstić information content (AvgIpc) is 2.18. The molecule has 0 amide bonds. The van der Waals surface area contributed by atoms with Crippen molar-refractivity contribution in [2.75, 3.05) is 27.3 Å². The Balaban J connectivity index is 2.63. The molecule has 0 radical (unpaired) electrons. The van der Waals surface area contributed by atoms with Crippen molar-refractivity contribution in [3.8, 4) is 0 Å². The van der Waals surface area contributed by atoms with E-state index < -0.39 is 17.7 Å². The molecule has 1 aliphatic heterocycles. The van der Waals surface area contributed by atoms with E-state index in [0.717, 1.165) is 0 Å². The number of carboxylic acid groups (broad SMARTS) is 1. The average molecular weight is 189 g/mol. The number of rotatable bonds is 3. The molecule has 13 heavy (non-hydrogen) atoms. The molecular weight excluding hydrogens is 174 g/mol. The molecular formula is C8H15NO4. The normalized spacial score (nSPS) is 27.1. The molecule has 1 saturated heterocycles. The van der Waals surface area contributed by atoms with Crippen molar-refractivity contribution in [1.82, 2.24) is 5.32 Å². The number of carboxylic acids is 1. The number of hydrogen-bond acceptors (Lipinski definition) is 4. The van der Waals surface area contributed by atoms with Crippen molar-refractivity contribution in [1.29, 1.82) is 0 Å². The lowest BCUT2D eigenvalue weighted by Crippen LogP contribution is -2.53. The Hall–Kier alpha value is -0.650. The SMILES string of the molecule is COC1(OC)CNCC(C(=O)O)C1. The molecule has 0 spiro atoms. The standard InChI is InChI=1S/C8H15NO4/c1-12-8(13-2)3-6(7(10)11)4-9-5-8/h6,9H,3-5H2,1-2H3,(H,10,11). The minimum absolute atomic E-state index is 0.391. The van der Waals surface area contributed by atoms with E-state index in [9.17, 15) is 4.79 Å². The second-order valence-corrected chi connectivity index (χ2v) is 3.19. The van der Waals surface area contributed by atoms with E-state index in [4.69, 9.17) is 14.6 Å². The molecule has 1 rings (SSSR count). The van der Waals surface area contributed by atoms with Crippen LogP contribution in [0, 0.1) is 5.92 Å². The zero-order chi connectivity index (χ0) is 9.90. The van der Waals surface area contributed by atoms with Crippen LogP contribution in [-0.2, 0) is 14.3 Å². The molecule has 1 aliphatic rings.